The molecule has 2 aromatic heterocycles. The van der Waals surface area contributed by atoms with Gasteiger partial charge in [0.25, 0.3) is 5.88 Å². The lowest BCUT2D eigenvalue weighted by molar-refractivity contribution is 0.00585. The van der Waals surface area contributed by atoms with E-state index in [9.17, 15) is 9.18 Å². The summed E-state index contributed by atoms with van der Waals surface area (Å²) in [7, 11) is 0. The molecule has 1 amide bonds. The molecule has 10 nitrogen and oxygen atoms in total. The van der Waals surface area contributed by atoms with Crippen LogP contribution in [0.5, 0.6) is 11.6 Å². The minimum absolute atomic E-state index is 0.00912. The van der Waals surface area contributed by atoms with Gasteiger partial charge in [0.05, 0.1) is 5.69 Å². The van der Waals surface area contributed by atoms with Crippen molar-refractivity contribution in [2.24, 2.45) is 5.41 Å². The molecular formula is C28H31ClFN7O3. The summed E-state index contributed by atoms with van der Waals surface area (Å²) in [5, 5.41) is 8.12. The van der Waals surface area contributed by atoms with Crippen molar-refractivity contribution in [3.8, 4) is 22.8 Å². The Morgan fingerprint density at radius 3 is 2.58 bits per heavy atom. The number of aromatic nitrogens is 5. The Morgan fingerprint density at radius 1 is 1.12 bits per heavy atom. The third kappa shape index (κ3) is 5.52. The Balaban J connectivity index is 1.20. The van der Waals surface area contributed by atoms with Gasteiger partial charge < -0.3 is 19.3 Å². The second-order valence-corrected chi connectivity index (χ2v) is 12.2. The van der Waals surface area contributed by atoms with Crippen molar-refractivity contribution in [3.63, 3.8) is 0 Å². The van der Waals surface area contributed by atoms with Gasteiger partial charge in [0.1, 0.15) is 23.5 Å². The molecule has 2 saturated heterocycles. The van der Waals surface area contributed by atoms with Crippen LogP contribution in [0.1, 0.15) is 58.1 Å². The molecule has 3 fully saturated rings. The predicted octanol–water partition coefficient (Wildman–Crippen LogP) is 5.63. The molecule has 1 aliphatic carbocycles. The summed E-state index contributed by atoms with van der Waals surface area (Å²) in [6.07, 6.45) is 6.72. The Bertz CT molecular complexity index is 1430. The first kappa shape index (κ1) is 26.6. The minimum atomic E-state index is -0.521. The van der Waals surface area contributed by atoms with E-state index in [-0.39, 0.29) is 22.7 Å². The van der Waals surface area contributed by atoms with Gasteiger partial charge in [0.2, 0.25) is 5.28 Å². The maximum absolute atomic E-state index is 14.4. The number of piperidine rings is 1. The largest absolute Gasteiger partial charge is 0.444 e. The maximum Gasteiger partial charge on any atom is 0.410 e. The summed E-state index contributed by atoms with van der Waals surface area (Å²) < 4.78 is 26.2. The highest BCUT2D eigenvalue weighted by molar-refractivity contribution is 6.28. The van der Waals surface area contributed by atoms with E-state index >= 15 is 0 Å². The van der Waals surface area contributed by atoms with Crippen LogP contribution >= 0.6 is 11.6 Å². The number of benzene rings is 1. The molecule has 210 valence electrons. The number of carbonyl (C=O) groups is 1. The fraction of sp³-hybridized carbons (Fsp3) is 0.500. The summed E-state index contributed by atoms with van der Waals surface area (Å²) in [6, 6.07) is 4.33. The molecule has 0 N–H and O–H groups in total. The van der Waals surface area contributed by atoms with Crippen molar-refractivity contribution >= 4 is 23.5 Å². The molecule has 12 heteroatoms. The molecule has 4 heterocycles. The summed E-state index contributed by atoms with van der Waals surface area (Å²) in [6.45, 7) is 8.32. The zero-order chi connectivity index (χ0) is 28.1. The Morgan fingerprint density at radius 2 is 1.88 bits per heavy atom. The Labute approximate surface area is 236 Å². The number of nitrogens with zero attached hydrogens (tertiary/aromatic N) is 7. The molecule has 1 spiro atoms. The quantitative estimate of drug-likeness (QED) is 0.388. The number of rotatable bonds is 5. The second kappa shape index (κ2) is 10.1. The molecule has 2 aliphatic heterocycles. The standard InChI is InChI=1S/C28H31ClFN7O3/c1-27(2,3)40-26(38)36-10-8-28(9-11-36)14-37(15-28)23-24(34-35-25(29)33-23)39-21-7-6-18(30)12-19(21)20-13-31-16-32-22(20)17-4-5-17/h6-7,12-13,16-17H,4-5,8-11,14-15H2,1-3H3. The lowest BCUT2D eigenvalue weighted by Gasteiger charge is -2.54. The third-order valence-corrected chi connectivity index (χ3v) is 7.75. The van der Waals surface area contributed by atoms with Crippen molar-refractivity contribution in [3.05, 3.63) is 47.5 Å². The molecule has 0 unspecified atom stereocenters. The van der Waals surface area contributed by atoms with Gasteiger partial charge in [-0.3, -0.25) is 0 Å². The highest BCUT2D eigenvalue weighted by atomic mass is 35.5. The number of likely N-dealkylation sites (tertiary alicyclic amines) is 1. The summed E-state index contributed by atoms with van der Waals surface area (Å²) in [4.78, 5) is 29.4. The first-order valence-corrected chi connectivity index (χ1v) is 13.9. The Kier molecular flexibility index (Phi) is 6.72. The number of halogens is 2. The number of hydrogen-bond acceptors (Lipinski definition) is 9. The van der Waals surface area contributed by atoms with E-state index in [2.05, 4.69) is 30.0 Å². The van der Waals surface area contributed by atoms with Crippen LogP contribution in [-0.2, 0) is 4.74 Å². The average molecular weight is 568 g/mol. The van der Waals surface area contributed by atoms with E-state index in [0.717, 1.165) is 50.0 Å². The number of carbonyl (C=O) groups excluding carboxylic acids is 1. The van der Waals surface area contributed by atoms with Gasteiger partial charge >= 0.3 is 6.09 Å². The van der Waals surface area contributed by atoms with E-state index in [1.807, 2.05) is 20.8 Å². The molecule has 0 radical (unpaired) electrons. The number of ether oxygens (including phenoxy) is 2. The molecule has 6 rings (SSSR count). The average Bonchev–Trinajstić information content (AvgIpc) is 3.74. The van der Waals surface area contributed by atoms with Crippen LogP contribution in [-0.4, -0.2) is 67.9 Å². The van der Waals surface area contributed by atoms with Crippen LogP contribution in [0.15, 0.2) is 30.7 Å². The molecule has 3 aliphatic rings. The topological polar surface area (TPSA) is 106 Å². The second-order valence-electron chi connectivity index (χ2n) is 11.9. The molecule has 3 aromatic rings. The van der Waals surface area contributed by atoms with Gasteiger partial charge in [-0.25, -0.2) is 19.2 Å². The van der Waals surface area contributed by atoms with Gasteiger partial charge in [-0.1, -0.05) is 0 Å². The SMILES string of the molecule is CC(C)(C)OC(=O)N1CCC2(CC1)CN(c1nc(Cl)nnc1Oc1ccc(F)cc1-c1cncnc1C1CC1)C2. The molecular weight excluding hydrogens is 537 g/mol. The molecule has 1 aromatic carbocycles. The smallest absolute Gasteiger partial charge is 0.410 e. The number of anilines is 1. The summed E-state index contributed by atoms with van der Waals surface area (Å²) in [5.41, 5.74) is 1.69. The maximum atomic E-state index is 14.4. The lowest BCUT2D eigenvalue weighted by atomic mass is 9.72. The lowest BCUT2D eigenvalue weighted by Crippen LogP contribution is -2.61. The monoisotopic (exact) mass is 567 g/mol. The first-order valence-electron chi connectivity index (χ1n) is 13.5. The predicted molar refractivity (Wildman–Crippen MR) is 146 cm³/mol. The summed E-state index contributed by atoms with van der Waals surface area (Å²) in [5.74, 6) is 1.00. The van der Waals surface area contributed by atoms with Crippen molar-refractivity contribution in [1.29, 1.82) is 0 Å². The molecule has 0 bridgehead atoms. The summed E-state index contributed by atoms with van der Waals surface area (Å²) >= 11 is 6.15. The van der Waals surface area contributed by atoms with E-state index in [1.54, 1.807) is 17.2 Å². The fourth-order valence-electron chi connectivity index (χ4n) is 5.42. The van der Waals surface area contributed by atoms with Crippen molar-refractivity contribution in [2.45, 2.75) is 58.0 Å². The third-order valence-electron chi connectivity index (χ3n) is 7.59. The zero-order valence-electron chi connectivity index (χ0n) is 22.7. The van der Waals surface area contributed by atoms with Gasteiger partial charge in [-0.15, -0.1) is 10.2 Å². The van der Waals surface area contributed by atoms with Crippen LogP contribution in [0.2, 0.25) is 5.28 Å². The molecule has 0 atom stereocenters. The van der Waals surface area contributed by atoms with Crippen molar-refractivity contribution < 1.29 is 18.7 Å². The highest BCUT2D eigenvalue weighted by Crippen LogP contribution is 2.47. The molecule has 40 heavy (non-hydrogen) atoms. The van der Waals surface area contributed by atoms with Crippen LogP contribution in [0.3, 0.4) is 0 Å². The van der Waals surface area contributed by atoms with Gasteiger partial charge in [-0.05, 0) is 76.3 Å². The number of amides is 1. The van der Waals surface area contributed by atoms with E-state index in [1.165, 1.54) is 18.5 Å². The van der Waals surface area contributed by atoms with Gasteiger partial charge in [0.15, 0.2) is 5.82 Å². The van der Waals surface area contributed by atoms with Crippen molar-refractivity contribution in [2.75, 3.05) is 31.1 Å². The van der Waals surface area contributed by atoms with E-state index < -0.39 is 11.4 Å². The number of hydrogen-bond donors (Lipinski definition) is 0. The fourth-order valence-corrected chi connectivity index (χ4v) is 5.53. The van der Waals surface area contributed by atoms with Gasteiger partial charge in [-0.2, -0.15) is 4.98 Å². The zero-order valence-corrected chi connectivity index (χ0v) is 23.5. The van der Waals surface area contributed by atoms with Gasteiger partial charge in [0, 0.05) is 54.8 Å². The van der Waals surface area contributed by atoms with E-state index in [0.29, 0.717) is 36.1 Å². The van der Waals surface area contributed by atoms with Crippen LogP contribution < -0.4 is 9.64 Å². The van der Waals surface area contributed by atoms with Crippen molar-refractivity contribution in [1.82, 2.24) is 30.0 Å². The highest BCUT2D eigenvalue weighted by Gasteiger charge is 2.47. The molecule has 1 saturated carbocycles. The normalized spacial score (nSPS) is 18.4. The van der Waals surface area contributed by atoms with Crippen LogP contribution in [0, 0.1) is 11.2 Å². The van der Waals surface area contributed by atoms with Crippen LogP contribution in [0.25, 0.3) is 11.1 Å². The first-order chi connectivity index (χ1) is 19.1. The van der Waals surface area contributed by atoms with E-state index in [4.69, 9.17) is 21.1 Å². The minimum Gasteiger partial charge on any atom is -0.444 e. The van der Waals surface area contributed by atoms with Crippen LogP contribution in [0.4, 0.5) is 15.0 Å². The Hall–Kier alpha value is -3.60.